The van der Waals surface area contributed by atoms with E-state index in [0.717, 1.165) is 50.4 Å². The smallest absolute Gasteiger partial charge is 0.305 e. The van der Waals surface area contributed by atoms with E-state index >= 15 is 0 Å². The van der Waals surface area contributed by atoms with E-state index in [2.05, 4.69) is 35.7 Å². The van der Waals surface area contributed by atoms with Crippen molar-refractivity contribution in [3.63, 3.8) is 0 Å². The van der Waals surface area contributed by atoms with Crippen molar-refractivity contribution in [1.82, 2.24) is 0 Å². The number of carbonyl (C=O) groups excluding carboxylic acids is 1. The first-order chi connectivity index (χ1) is 11.7. The van der Waals surface area contributed by atoms with Crippen LogP contribution in [0.3, 0.4) is 0 Å². The van der Waals surface area contributed by atoms with Crippen LogP contribution >= 0.6 is 0 Å². The van der Waals surface area contributed by atoms with E-state index in [1.165, 1.54) is 32.8 Å². The van der Waals surface area contributed by atoms with E-state index < -0.39 is 6.10 Å². The number of rotatable bonds is 12. The molecule has 3 nitrogen and oxygen atoms in total. The summed E-state index contributed by atoms with van der Waals surface area (Å²) in [6.45, 7) is 2.17. The average molecular weight is 335 g/mol. The zero-order chi connectivity index (χ0) is 17.6. The zero-order valence-corrected chi connectivity index (χ0v) is 15.4. The minimum absolute atomic E-state index is 0.124. The molecule has 136 valence electrons. The van der Waals surface area contributed by atoms with Crippen LogP contribution in [-0.2, 0) is 9.53 Å². The van der Waals surface area contributed by atoms with Crippen LogP contribution in [0.2, 0.25) is 0 Å². The van der Waals surface area contributed by atoms with Crippen LogP contribution in [0, 0.1) is 23.7 Å². The lowest BCUT2D eigenvalue weighted by Gasteiger charge is -2.01. The number of hydrogen-bond donors (Lipinski definition) is 1. The number of allylic oxidation sites excluding steroid dienone is 2. The van der Waals surface area contributed by atoms with Crippen molar-refractivity contribution in [3.8, 4) is 11.8 Å². The number of ether oxygens (including phenoxy) is 1. The Bertz CT molecular complexity index is 430. The van der Waals surface area contributed by atoms with Crippen LogP contribution in [0.25, 0.3) is 0 Å². The maximum absolute atomic E-state index is 11.0. The first-order valence-electron chi connectivity index (χ1n) is 9.55. The lowest BCUT2D eigenvalue weighted by molar-refractivity contribution is -0.140. The molecule has 0 radical (unpaired) electrons. The largest absolute Gasteiger partial charge is 0.469 e. The minimum atomic E-state index is -0.429. The maximum Gasteiger partial charge on any atom is 0.305 e. The average Bonchev–Trinajstić information content (AvgIpc) is 3.32. The molecule has 0 heterocycles. The molecule has 0 bridgehead atoms. The highest BCUT2D eigenvalue weighted by molar-refractivity contribution is 5.69. The minimum Gasteiger partial charge on any atom is -0.469 e. The number of carbonyl (C=O) groups is 1. The van der Waals surface area contributed by atoms with E-state index in [0.29, 0.717) is 6.42 Å². The molecule has 0 aromatic heterocycles. The van der Waals surface area contributed by atoms with Gasteiger partial charge in [-0.1, -0.05) is 37.8 Å². The predicted molar refractivity (Wildman–Crippen MR) is 98.4 cm³/mol. The van der Waals surface area contributed by atoms with Gasteiger partial charge in [-0.3, -0.25) is 4.79 Å². The fraction of sp³-hybridized carbons (Fsp3) is 0.762. The molecule has 0 unspecified atom stereocenters. The summed E-state index contributed by atoms with van der Waals surface area (Å²) in [6.07, 6.45) is 15.1. The van der Waals surface area contributed by atoms with E-state index in [1.807, 2.05) is 0 Å². The first-order valence-corrected chi connectivity index (χ1v) is 9.55. The summed E-state index contributed by atoms with van der Waals surface area (Å²) < 4.78 is 4.61. The Morgan fingerprint density at radius 2 is 2.04 bits per heavy atom. The predicted octanol–water partition coefficient (Wildman–Crippen LogP) is 4.64. The first kappa shape index (κ1) is 20.8. The van der Waals surface area contributed by atoms with Crippen molar-refractivity contribution in [2.24, 2.45) is 11.8 Å². The molecule has 0 aromatic rings. The summed E-state index contributed by atoms with van der Waals surface area (Å²) in [5.74, 6) is 7.60. The molecule has 0 saturated heterocycles. The van der Waals surface area contributed by atoms with Crippen LogP contribution in [-0.4, -0.2) is 24.3 Å². The Morgan fingerprint density at radius 1 is 1.25 bits per heavy atom. The highest BCUT2D eigenvalue weighted by Crippen LogP contribution is 2.44. The highest BCUT2D eigenvalue weighted by atomic mass is 16.5. The van der Waals surface area contributed by atoms with Crippen LogP contribution in [0.4, 0.5) is 0 Å². The Labute approximate surface area is 147 Å². The van der Waals surface area contributed by atoms with Gasteiger partial charge in [0.05, 0.1) is 7.11 Å². The van der Waals surface area contributed by atoms with Gasteiger partial charge < -0.3 is 9.84 Å². The molecule has 0 amide bonds. The third-order valence-electron chi connectivity index (χ3n) is 4.63. The second kappa shape index (κ2) is 13.1. The van der Waals surface area contributed by atoms with Gasteiger partial charge in [-0.05, 0) is 56.8 Å². The summed E-state index contributed by atoms with van der Waals surface area (Å²) in [5, 5.41) is 9.76. The summed E-state index contributed by atoms with van der Waals surface area (Å²) in [4.78, 5) is 11.0. The molecule has 1 N–H and O–H groups in total. The third-order valence-corrected chi connectivity index (χ3v) is 4.63. The van der Waals surface area contributed by atoms with Gasteiger partial charge >= 0.3 is 5.97 Å². The fourth-order valence-corrected chi connectivity index (χ4v) is 2.89. The fourth-order valence-electron chi connectivity index (χ4n) is 2.89. The van der Waals surface area contributed by atoms with Crippen LogP contribution < -0.4 is 0 Å². The number of unbranched alkanes of at least 4 members (excludes halogenated alkanes) is 3. The topological polar surface area (TPSA) is 46.5 Å². The van der Waals surface area contributed by atoms with Gasteiger partial charge in [0.15, 0.2) is 0 Å². The Kier molecular flexibility index (Phi) is 11.3. The van der Waals surface area contributed by atoms with Crippen molar-refractivity contribution in [1.29, 1.82) is 0 Å². The van der Waals surface area contributed by atoms with E-state index in [1.54, 1.807) is 0 Å². The second-order valence-corrected chi connectivity index (χ2v) is 6.81. The summed E-state index contributed by atoms with van der Waals surface area (Å²) in [7, 11) is 1.43. The van der Waals surface area contributed by atoms with Crippen LogP contribution in [0.1, 0.15) is 77.6 Å². The van der Waals surface area contributed by atoms with Crippen molar-refractivity contribution >= 4 is 5.97 Å². The van der Waals surface area contributed by atoms with Gasteiger partial charge in [0, 0.05) is 12.8 Å². The number of aliphatic hydroxyl groups excluding tert-OH is 1. The lowest BCUT2D eigenvalue weighted by Crippen LogP contribution is -2.02. The molecule has 3 atom stereocenters. The summed E-state index contributed by atoms with van der Waals surface area (Å²) in [5.41, 5.74) is 0. The van der Waals surface area contributed by atoms with Crippen LogP contribution in [0.15, 0.2) is 12.2 Å². The summed E-state index contributed by atoms with van der Waals surface area (Å²) in [6, 6.07) is 0. The number of hydrogen-bond acceptors (Lipinski definition) is 3. The van der Waals surface area contributed by atoms with Crippen LogP contribution in [0.5, 0.6) is 0 Å². The Balaban J connectivity index is 1.98. The van der Waals surface area contributed by atoms with Gasteiger partial charge in [-0.15, -0.1) is 5.92 Å². The van der Waals surface area contributed by atoms with E-state index in [9.17, 15) is 9.90 Å². The monoisotopic (exact) mass is 334 g/mol. The van der Waals surface area contributed by atoms with Crippen molar-refractivity contribution in [3.05, 3.63) is 12.2 Å². The quantitative estimate of drug-likeness (QED) is 0.245. The van der Waals surface area contributed by atoms with Crippen molar-refractivity contribution in [2.45, 2.75) is 83.7 Å². The van der Waals surface area contributed by atoms with Gasteiger partial charge in [0.25, 0.3) is 0 Å². The molecule has 1 fully saturated rings. The van der Waals surface area contributed by atoms with Gasteiger partial charge in [0.1, 0.15) is 6.10 Å². The molecule has 24 heavy (non-hydrogen) atoms. The third kappa shape index (κ3) is 10.5. The van der Waals surface area contributed by atoms with E-state index in [-0.39, 0.29) is 5.97 Å². The molecule has 3 heteroatoms. The van der Waals surface area contributed by atoms with Gasteiger partial charge in [-0.25, -0.2) is 0 Å². The highest BCUT2D eigenvalue weighted by Gasteiger charge is 2.34. The molecular weight excluding hydrogens is 300 g/mol. The van der Waals surface area contributed by atoms with Gasteiger partial charge in [-0.2, -0.15) is 0 Å². The van der Waals surface area contributed by atoms with Gasteiger partial charge in [0.2, 0.25) is 0 Å². The molecule has 1 saturated carbocycles. The van der Waals surface area contributed by atoms with E-state index in [4.69, 9.17) is 0 Å². The maximum atomic E-state index is 11.0. The zero-order valence-electron chi connectivity index (χ0n) is 15.4. The molecule has 1 aliphatic rings. The van der Waals surface area contributed by atoms with Crippen molar-refractivity contribution < 1.29 is 14.6 Å². The molecule has 0 aromatic carbocycles. The molecular formula is C21H34O3. The summed E-state index contributed by atoms with van der Waals surface area (Å²) >= 11 is 0. The number of aliphatic hydroxyl groups is 1. The standard InChI is InChI=1S/C21H34O3/c1-3-4-8-14-20(22)15-11-13-19-17-18(19)12-9-6-5-7-10-16-21(23)24-2/h5-6,18-20,22H,3-4,7-10,12-14,16-17H2,1-2H3/t18-,19+,20-/m1/s1. The Hall–Kier alpha value is -1.27. The molecule has 0 spiro atoms. The lowest BCUT2D eigenvalue weighted by atomic mass is 10.1. The Morgan fingerprint density at radius 3 is 2.79 bits per heavy atom. The molecule has 1 aliphatic carbocycles. The number of esters is 1. The number of methoxy groups -OCH3 is 1. The SMILES string of the molecule is CCCCC[C@@H](O)C#CC[C@H]1C[C@H]1CCC=CCCCC(=O)OC. The second-order valence-electron chi connectivity index (χ2n) is 6.81. The molecule has 0 aliphatic heterocycles. The molecule has 1 rings (SSSR count). The van der Waals surface area contributed by atoms with Crippen molar-refractivity contribution in [2.75, 3.05) is 7.11 Å². The normalized spacial score (nSPS) is 20.5.